The van der Waals surface area contributed by atoms with Gasteiger partial charge in [-0.15, -0.1) is 6.58 Å². The third-order valence-corrected chi connectivity index (χ3v) is 1.23. The number of hydrogen-bond acceptors (Lipinski definition) is 3. The third-order valence-electron chi connectivity index (χ3n) is 1.23. The Bertz CT molecular complexity index is 173. The number of carbonyl (C=O) groups is 1. The van der Waals surface area contributed by atoms with Crippen LogP contribution in [0.3, 0.4) is 0 Å². The molecule has 0 saturated heterocycles. The second-order valence-corrected chi connectivity index (χ2v) is 2.43. The molecule has 0 aliphatic carbocycles. The van der Waals surface area contributed by atoms with Crippen molar-refractivity contribution in [1.82, 2.24) is 0 Å². The normalized spacial score (nSPS) is 10.2. The van der Waals surface area contributed by atoms with Crippen LogP contribution in [0, 0.1) is 0 Å². The zero-order chi connectivity index (χ0) is 9.94. The highest BCUT2D eigenvalue weighted by molar-refractivity contribution is 5.65. The van der Waals surface area contributed by atoms with Gasteiger partial charge in [-0.25, -0.2) is 0 Å². The van der Waals surface area contributed by atoms with Gasteiger partial charge in [0.05, 0.1) is 13.2 Å². The molecule has 0 spiro atoms. The second-order valence-electron chi connectivity index (χ2n) is 2.43. The quantitative estimate of drug-likeness (QED) is 0.343. The minimum atomic E-state index is -0.266. The van der Waals surface area contributed by atoms with E-state index in [1.165, 1.54) is 6.92 Å². The Morgan fingerprint density at radius 3 is 2.69 bits per heavy atom. The molecule has 0 aromatic carbocycles. The summed E-state index contributed by atoms with van der Waals surface area (Å²) in [5, 5.41) is 0. The van der Waals surface area contributed by atoms with Crippen LogP contribution in [-0.4, -0.2) is 25.8 Å². The van der Waals surface area contributed by atoms with Gasteiger partial charge in [-0.3, -0.25) is 4.79 Å². The predicted molar refractivity (Wildman–Crippen MR) is 51.4 cm³/mol. The first kappa shape index (κ1) is 11.9. The largest absolute Gasteiger partial charge is 0.462 e. The molecule has 0 saturated carbocycles. The van der Waals surface area contributed by atoms with Crippen LogP contribution in [-0.2, 0) is 14.3 Å². The van der Waals surface area contributed by atoms with Crippen LogP contribution < -0.4 is 0 Å². The van der Waals surface area contributed by atoms with E-state index in [0.717, 1.165) is 6.42 Å². The van der Waals surface area contributed by atoms with Crippen LogP contribution in [0.5, 0.6) is 0 Å². The van der Waals surface area contributed by atoms with Crippen molar-refractivity contribution in [3.05, 3.63) is 24.8 Å². The summed E-state index contributed by atoms with van der Waals surface area (Å²) in [7, 11) is 0. The fourth-order valence-electron chi connectivity index (χ4n) is 0.620. The molecular formula is C10H16O3. The van der Waals surface area contributed by atoms with E-state index in [-0.39, 0.29) is 5.97 Å². The summed E-state index contributed by atoms with van der Waals surface area (Å²) in [6.07, 6.45) is 6.25. The molecule has 0 aliphatic heterocycles. The highest BCUT2D eigenvalue weighted by Gasteiger charge is 1.86. The van der Waals surface area contributed by atoms with Crippen LogP contribution in [0.2, 0.25) is 0 Å². The molecule has 0 amide bonds. The summed E-state index contributed by atoms with van der Waals surface area (Å²) in [6.45, 7) is 6.51. The zero-order valence-corrected chi connectivity index (χ0v) is 7.99. The molecule has 0 aliphatic rings. The number of rotatable bonds is 7. The van der Waals surface area contributed by atoms with Gasteiger partial charge in [-0.05, 0) is 12.5 Å². The number of esters is 1. The molecule has 0 unspecified atom stereocenters. The molecule has 0 fully saturated rings. The highest BCUT2D eigenvalue weighted by atomic mass is 16.5. The number of ether oxygens (including phenoxy) is 2. The van der Waals surface area contributed by atoms with Crippen molar-refractivity contribution in [1.29, 1.82) is 0 Å². The lowest BCUT2D eigenvalue weighted by Gasteiger charge is -1.97. The molecule has 3 nitrogen and oxygen atoms in total. The molecule has 0 heterocycles. The summed E-state index contributed by atoms with van der Waals surface area (Å²) >= 11 is 0. The van der Waals surface area contributed by atoms with E-state index in [4.69, 9.17) is 4.74 Å². The smallest absolute Gasteiger partial charge is 0.302 e. The molecule has 0 atom stereocenters. The summed E-state index contributed by atoms with van der Waals surface area (Å²) in [5.41, 5.74) is 0. The van der Waals surface area contributed by atoms with Crippen molar-refractivity contribution in [3.8, 4) is 0 Å². The Hall–Kier alpha value is -1.09. The minimum absolute atomic E-state index is 0.266. The Morgan fingerprint density at radius 2 is 2.08 bits per heavy atom. The van der Waals surface area contributed by atoms with Gasteiger partial charge >= 0.3 is 5.97 Å². The molecule has 74 valence electrons. The molecule has 0 aromatic rings. The predicted octanol–water partition coefficient (Wildman–Crippen LogP) is 1.70. The van der Waals surface area contributed by atoms with E-state index in [1.807, 2.05) is 12.2 Å². The Morgan fingerprint density at radius 1 is 1.38 bits per heavy atom. The molecule has 3 heteroatoms. The maximum atomic E-state index is 10.3. The van der Waals surface area contributed by atoms with Crippen molar-refractivity contribution < 1.29 is 14.3 Å². The van der Waals surface area contributed by atoms with Gasteiger partial charge in [0, 0.05) is 6.92 Å². The summed E-state index contributed by atoms with van der Waals surface area (Å²) < 4.78 is 9.85. The zero-order valence-electron chi connectivity index (χ0n) is 7.99. The van der Waals surface area contributed by atoms with E-state index in [0.29, 0.717) is 19.8 Å². The fourth-order valence-corrected chi connectivity index (χ4v) is 0.620. The van der Waals surface area contributed by atoms with Crippen LogP contribution in [0.25, 0.3) is 0 Å². The van der Waals surface area contributed by atoms with E-state index in [9.17, 15) is 4.79 Å². The first-order chi connectivity index (χ1) is 6.27. The molecule has 0 bridgehead atoms. The first-order valence-electron chi connectivity index (χ1n) is 4.24. The van der Waals surface area contributed by atoms with Gasteiger partial charge in [0.1, 0.15) is 6.61 Å². The molecule has 0 rings (SSSR count). The van der Waals surface area contributed by atoms with Gasteiger partial charge in [0.15, 0.2) is 0 Å². The van der Waals surface area contributed by atoms with Gasteiger partial charge in [0.25, 0.3) is 0 Å². The average molecular weight is 184 g/mol. The lowest BCUT2D eigenvalue weighted by atomic mass is 10.4. The minimum Gasteiger partial charge on any atom is -0.462 e. The van der Waals surface area contributed by atoms with E-state index >= 15 is 0 Å². The third kappa shape index (κ3) is 10.9. The summed E-state index contributed by atoms with van der Waals surface area (Å²) in [5.74, 6) is -0.266. The van der Waals surface area contributed by atoms with Gasteiger partial charge in [-0.1, -0.05) is 12.2 Å². The topological polar surface area (TPSA) is 35.5 Å². The SMILES string of the molecule is C=CCCOC/C=C\COC(C)=O. The first-order valence-corrected chi connectivity index (χ1v) is 4.24. The van der Waals surface area contributed by atoms with Crippen molar-refractivity contribution >= 4 is 5.97 Å². The van der Waals surface area contributed by atoms with Crippen molar-refractivity contribution in [2.45, 2.75) is 13.3 Å². The molecule has 13 heavy (non-hydrogen) atoms. The van der Waals surface area contributed by atoms with Crippen LogP contribution in [0.15, 0.2) is 24.8 Å². The Balaban J connectivity index is 3.12. The van der Waals surface area contributed by atoms with Crippen molar-refractivity contribution in [2.75, 3.05) is 19.8 Å². The maximum Gasteiger partial charge on any atom is 0.302 e. The van der Waals surface area contributed by atoms with Crippen molar-refractivity contribution in [3.63, 3.8) is 0 Å². The lowest BCUT2D eigenvalue weighted by Crippen LogP contribution is -1.98. The Labute approximate surface area is 79.0 Å². The van der Waals surface area contributed by atoms with Crippen LogP contribution >= 0.6 is 0 Å². The van der Waals surface area contributed by atoms with E-state index in [1.54, 1.807) is 6.08 Å². The maximum absolute atomic E-state index is 10.3. The van der Waals surface area contributed by atoms with Gasteiger partial charge in [0.2, 0.25) is 0 Å². The monoisotopic (exact) mass is 184 g/mol. The lowest BCUT2D eigenvalue weighted by molar-refractivity contribution is -0.139. The molecule has 0 radical (unpaired) electrons. The van der Waals surface area contributed by atoms with Crippen LogP contribution in [0.1, 0.15) is 13.3 Å². The van der Waals surface area contributed by atoms with Gasteiger partial charge in [-0.2, -0.15) is 0 Å². The molecular weight excluding hydrogens is 168 g/mol. The molecule has 0 N–H and O–H groups in total. The van der Waals surface area contributed by atoms with Crippen molar-refractivity contribution in [2.24, 2.45) is 0 Å². The highest BCUT2D eigenvalue weighted by Crippen LogP contribution is 1.84. The number of carbonyl (C=O) groups excluding carboxylic acids is 1. The summed E-state index contributed by atoms with van der Waals surface area (Å²) in [6, 6.07) is 0. The number of hydrogen-bond donors (Lipinski definition) is 0. The summed E-state index contributed by atoms with van der Waals surface area (Å²) in [4.78, 5) is 10.3. The Kier molecular flexibility index (Phi) is 8.25. The van der Waals surface area contributed by atoms with Crippen LogP contribution in [0.4, 0.5) is 0 Å². The van der Waals surface area contributed by atoms with E-state index in [2.05, 4.69) is 11.3 Å². The van der Waals surface area contributed by atoms with Gasteiger partial charge < -0.3 is 9.47 Å². The standard InChI is InChI=1S/C10H16O3/c1-3-4-7-12-8-5-6-9-13-10(2)11/h3,5-6H,1,4,7-9H2,2H3/b6-5-. The second kappa shape index (κ2) is 9.00. The molecule has 0 aromatic heterocycles. The average Bonchev–Trinajstić information content (AvgIpc) is 2.09. The fraction of sp³-hybridized carbons (Fsp3) is 0.500. The van der Waals surface area contributed by atoms with E-state index < -0.39 is 0 Å².